The minimum Gasteiger partial charge on any atom is -0.598 e. The zero-order valence-electron chi connectivity index (χ0n) is 26.6. The fourth-order valence-electron chi connectivity index (χ4n) is 4.04. The second-order valence-corrected chi connectivity index (χ2v) is 21.3. The predicted molar refractivity (Wildman–Crippen MR) is 160 cm³/mol. The zero-order chi connectivity index (χ0) is 34.2. The molecule has 0 spiro atoms. The van der Waals surface area contributed by atoms with Crippen LogP contribution in [0.4, 0.5) is 31.1 Å². The third kappa shape index (κ3) is 9.93. The van der Waals surface area contributed by atoms with E-state index >= 15 is 0 Å². The van der Waals surface area contributed by atoms with Crippen molar-refractivity contribution in [2.75, 3.05) is 19.8 Å². The highest BCUT2D eigenvalue weighted by Gasteiger charge is 2.49. The van der Waals surface area contributed by atoms with E-state index in [1.165, 1.54) is 6.07 Å². The quantitative estimate of drug-likeness (QED) is 0.121. The van der Waals surface area contributed by atoms with Gasteiger partial charge in [0.05, 0.1) is 30.9 Å². The molecule has 2 amide bonds. The maximum Gasteiger partial charge on any atom is 0.416 e. The van der Waals surface area contributed by atoms with Gasteiger partial charge in [0.1, 0.15) is 29.4 Å². The number of alkyl halides is 6. The summed E-state index contributed by atoms with van der Waals surface area (Å²) in [6.45, 7) is 12.4. The lowest BCUT2D eigenvalue weighted by Crippen LogP contribution is -2.47. The van der Waals surface area contributed by atoms with Gasteiger partial charge in [-0.25, -0.2) is 14.8 Å². The van der Waals surface area contributed by atoms with Crippen LogP contribution < -0.4 is 10.0 Å². The number of nitrogens with one attached hydrogen (secondary N) is 2. The highest BCUT2D eigenvalue weighted by molar-refractivity contribution is 7.90. The third-order valence-corrected chi connectivity index (χ3v) is 10.4. The van der Waals surface area contributed by atoms with Crippen LogP contribution in [0.5, 0.6) is 0 Å². The van der Waals surface area contributed by atoms with Gasteiger partial charge >= 0.3 is 18.4 Å². The summed E-state index contributed by atoms with van der Waals surface area (Å²) in [6.07, 6.45) is -9.30. The van der Waals surface area contributed by atoms with Crippen molar-refractivity contribution in [2.45, 2.75) is 108 Å². The number of rotatable bonds is 13. The smallest absolute Gasteiger partial charge is 0.416 e. The number of nitrogens with zero attached hydrogens (tertiary/aromatic N) is 4. The number of fused-ring (bicyclic) bond motifs is 1. The minimum atomic E-state index is -4.69. The van der Waals surface area contributed by atoms with Crippen molar-refractivity contribution >= 4 is 36.6 Å². The molecule has 0 bridgehead atoms. The van der Waals surface area contributed by atoms with Crippen molar-refractivity contribution in [2.24, 2.45) is 0 Å². The Kier molecular flexibility index (Phi) is 11.2. The van der Waals surface area contributed by atoms with Crippen LogP contribution in [0.2, 0.25) is 25.7 Å². The number of hydrogen-bond acceptors (Lipinski definition) is 7. The monoisotopic (exact) mass is 688 g/mol. The van der Waals surface area contributed by atoms with Gasteiger partial charge in [-0.2, -0.15) is 26.3 Å². The number of ether oxygens (including phenoxy) is 2. The molecule has 0 aliphatic carbocycles. The van der Waals surface area contributed by atoms with Gasteiger partial charge in [0, 0.05) is 26.0 Å². The fraction of sp³-hybridized carbons (Fsp3) is 0.741. The maximum atomic E-state index is 13.7. The van der Waals surface area contributed by atoms with E-state index in [2.05, 4.69) is 34.3 Å². The Morgan fingerprint density at radius 3 is 2.29 bits per heavy atom. The topological polar surface area (TPSA) is 117 Å². The summed E-state index contributed by atoms with van der Waals surface area (Å²) in [5, 5.41) is 1.91. The third-order valence-electron chi connectivity index (χ3n) is 7.06. The lowest BCUT2D eigenvalue weighted by Gasteiger charge is -2.32. The molecule has 256 valence electrons. The van der Waals surface area contributed by atoms with Crippen molar-refractivity contribution in [3.8, 4) is 0 Å². The Morgan fingerprint density at radius 2 is 1.76 bits per heavy atom. The van der Waals surface area contributed by atoms with Gasteiger partial charge in [-0.15, -0.1) is 4.72 Å². The number of pyridine rings is 1. The molecule has 0 radical (unpaired) electrons. The highest BCUT2D eigenvalue weighted by atomic mass is 32.2. The Bertz CT molecular complexity index is 1330. The molecule has 1 aliphatic heterocycles. The second-order valence-electron chi connectivity index (χ2n) is 13.7. The summed E-state index contributed by atoms with van der Waals surface area (Å²) in [5.74, 6) is 0.147. The molecule has 3 rings (SSSR count). The number of imidazole rings is 1. The first kappa shape index (κ1) is 37.3. The molecular formula is C27H42F6N6O4SSi. The van der Waals surface area contributed by atoms with Crippen LogP contribution >= 0.6 is 0 Å². The Labute approximate surface area is 262 Å². The van der Waals surface area contributed by atoms with Gasteiger partial charge in [-0.1, -0.05) is 19.6 Å². The molecule has 2 aromatic heterocycles. The molecule has 1 saturated heterocycles. The second kappa shape index (κ2) is 13.5. The van der Waals surface area contributed by atoms with Crippen LogP contribution in [-0.2, 0) is 34.1 Å². The number of carbonyl (C=O) groups is 1. The largest absolute Gasteiger partial charge is 0.598 e. The van der Waals surface area contributed by atoms with Crippen LogP contribution in [0, 0.1) is 0 Å². The molecule has 2 aromatic rings. The van der Waals surface area contributed by atoms with Crippen LogP contribution in [0.15, 0.2) is 12.1 Å². The van der Waals surface area contributed by atoms with Crippen LogP contribution in [0.3, 0.4) is 0 Å². The lowest BCUT2D eigenvalue weighted by molar-refractivity contribution is -0.265. The molecule has 0 saturated carbocycles. The number of urea groups is 1. The van der Waals surface area contributed by atoms with E-state index in [9.17, 15) is 35.7 Å². The van der Waals surface area contributed by atoms with E-state index in [1.54, 1.807) is 31.4 Å². The van der Waals surface area contributed by atoms with E-state index in [1.807, 2.05) is 5.32 Å². The van der Waals surface area contributed by atoms with Gasteiger partial charge < -0.3 is 28.8 Å². The van der Waals surface area contributed by atoms with Gasteiger partial charge in [-0.05, 0) is 52.8 Å². The number of amides is 2. The Balaban J connectivity index is 2.01. The van der Waals surface area contributed by atoms with E-state index in [4.69, 9.17) is 9.47 Å². The first-order chi connectivity index (χ1) is 20.4. The maximum absolute atomic E-state index is 13.7. The van der Waals surface area contributed by atoms with Crippen molar-refractivity contribution in [1.82, 2.24) is 29.5 Å². The number of hydrogen-bond donors (Lipinski definition) is 2. The molecule has 10 nitrogen and oxygen atoms in total. The molecule has 1 fully saturated rings. The summed E-state index contributed by atoms with van der Waals surface area (Å²) < 4.78 is 109. The van der Waals surface area contributed by atoms with Crippen LogP contribution in [0.25, 0.3) is 11.2 Å². The number of aromatic nitrogens is 3. The van der Waals surface area contributed by atoms with E-state index < -0.39 is 73.4 Å². The van der Waals surface area contributed by atoms with Gasteiger partial charge in [0.2, 0.25) is 0 Å². The number of halogens is 6. The average Bonchev–Trinajstić information content (AvgIpc) is 3.42. The first-order valence-electron chi connectivity index (χ1n) is 14.3. The molecule has 1 aliphatic rings. The van der Waals surface area contributed by atoms with Crippen molar-refractivity contribution < 1.29 is 45.2 Å². The SMILES string of the molecule is CC(C)(C)[S+]([O-])N[C@@H](COC(C)(C)C(F)(F)F)c1nc2nc(CN3CC(C(F)(F)F)NC3=O)ccc2n1COCC[Si](C)(C)C. The van der Waals surface area contributed by atoms with E-state index in [-0.39, 0.29) is 30.4 Å². The molecule has 18 heteroatoms. The summed E-state index contributed by atoms with van der Waals surface area (Å²) >= 11 is -1.75. The summed E-state index contributed by atoms with van der Waals surface area (Å²) in [5.41, 5.74) is -1.75. The molecule has 45 heavy (non-hydrogen) atoms. The van der Waals surface area contributed by atoms with E-state index in [0.29, 0.717) is 12.1 Å². The van der Waals surface area contributed by atoms with Gasteiger partial charge in [0.15, 0.2) is 11.2 Å². The molecule has 3 heterocycles. The van der Waals surface area contributed by atoms with Gasteiger partial charge in [-0.3, -0.25) is 0 Å². The normalized spacial score (nSPS) is 18.5. The lowest BCUT2D eigenvalue weighted by atomic mass is 10.1. The Morgan fingerprint density at radius 1 is 1.11 bits per heavy atom. The fourth-order valence-corrected chi connectivity index (χ4v) is 5.58. The highest BCUT2D eigenvalue weighted by Crippen LogP contribution is 2.34. The van der Waals surface area contributed by atoms with Crippen molar-refractivity contribution in [1.29, 1.82) is 0 Å². The summed E-state index contributed by atoms with van der Waals surface area (Å²) in [7, 11) is -1.46. The first-order valence-corrected chi connectivity index (χ1v) is 19.2. The molecule has 0 aromatic carbocycles. The molecule has 3 atom stereocenters. The van der Waals surface area contributed by atoms with Crippen molar-refractivity contribution in [3.05, 3.63) is 23.7 Å². The average molecular weight is 689 g/mol. The van der Waals surface area contributed by atoms with Gasteiger partial charge in [0.25, 0.3) is 0 Å². The summed E-state index contributed by atoms with van der Waals surface area (Å²) in [6, 6.07) is -0.0404. The predicted octanol–water partition coefficient (Wildman–Crippen LogP) is 5.65. The molecular weight excluding hydrogens is 646 g/mol. The minimum absolute atomic E-state index is 0.0534. The zero-order valence-corrected chi connectivity index (χ0v) is 28.5. The Hall–Kier alpha value is -2.12. The van der Waals surface area contributed by atoms with E-state index in [0.717, 1.165) is 24.8 Å². The molecule has 2 N–H and O–H groups in total. The molecule has 2 unspecified atom stereocenters. The summed E-state index contributed by atoms with van der Waals surface area (Å²) in [4.78, 5) is 22.2. The van der Waals surface area contributed by atoms with Crippen molar-refractivity contribution in [3.63, 3.8) is 0 Å². The standard InChI is InChI=1S/C27H42F6N6O4SSi/c1-24(2,3)44(41)37-18(15-43-25(4,5)27(31,32)33)22-36-21-19(39(22)16-42-11-12-45(6,7)8)10-9-17(34-21)13-38-14-20(26(28,29)30)35-23(38)40/h9-10,18,20,37H,11-16H2,1-8H3,(H,35,40)/t18-,20?,44?/m0/s1. The van der Waals surface area contributed by atoms with Crippen LogP contribution in [0.1, 0.15) is 52.2 Å². The number of carbonyl (C=O) groups excluding carboxylic acids is 1. The van der Waals surface area contributed by atoms with Crippen LogP contribution in [-0.4, -0.2) is 86.6 Å².